The van der Waals surface area contributed by atoms with E-state index in [4.69, 9.17) is 0 Å². The number of rotatable bonds is 4. The van der Waals surface area contributed by atoms with Crippen LogP contribution >= 0.6 is 0 Å². The summed E-state index contributed by atoms with van der Waals surface area (Å²) < 4.78 is 0. The molecule has 1 aliphatic rings. The van der Waals surface area contributed by atoms with Gasteiger partial charge in [-0.3, -0.25) is 9.69 Å². The fraction of sp³-hybridized carbons (Fsp3) is 0.692. The Kier molecular flexibility index (Phi) is 4.71. The van der Waals surface area contributed by atoms with Gasteiger partial charge in [-0.05, 0) is 24.8 Å². The summed E-state index contributed by atoms with van der Waals surface area (Å²) in [4.78, 5) is 13.6. The predicted molar refractivity (Wildman–Crippen MR) is 67.2 cm³/mol. The van der Waals surface area contributed by atoms with Gasteiger partial charge in [0.15, 0.2) is 0 Å². The third-order valence-electron chi connectivity index (χ3n) is 3.28. The van der Waals surface area contributed by atoms with Crippen molar-refractivity contribution < 1.29 is 4.79 Å². The molecule has 1 heterocycles. The molecule has 0 saturated carbocycles. The van der Waals surface area contributed by atoms with Crippen LogP contribution < -0.4 is 5.32 Å². The van der Waals surface area contributed by atoms with Gasteiger partial charge in [0.2, 0.25) is 5.91 Å². The molecule has 1 saturated heterocycles. The Balaban J connectivity index is 2.60. The molecule has 4 nitrogen and oxygen atoms in total. The van der Waals surface area contributed by atoms with Crippen molar-refractivity contribution in [1.82, 2.24) is 10.2 Å². The normalized spacial score (nSPS) is 23.7. The van der Waals surface area contributed by atoms with Crippen molar-refractivity contribution in [2.24, 2.45) is 5.41 Å². The quantitative estimate of drug-likeness (QED) is 0.747. The number of amides is 1. The highest BCUT2D eigenvalue weighted by Crippen LogP contribution is 2.34. The summed E-state index contributed by atoms with van der Waals surface area (Å²) in [6, 6.07) is 2.16. The van der Waals surface area contributed by atoms with E-state index in [1.54, 1.807) is 6.08 Å². The molecule has 1 amide bonds. The summed E-state index contributed by atoms with van der Waals surface area (Å²) >= 11 is 0. The van der Waals surface area contributed by atoms with Crippen LogP contribution in [0.3, 0.4) is 0 Å². The van der Waals surface area contributed by atoms with Crippen molar-refractivity contribution >= 4 is 5.91 Å². The van der Waals surface area contributed by atoms with Crippen LogP contribution in [-0.4, -0.2) is 36.5 Å². The lowest BCUT2D eigenvalue weighted by Crippen LogP contribution is -2.52. The number of hydrogen-bond acceptors (Lipinski definition) is 3. The first-order valence-corrected chi connectivity index (χ1v) is 6.02. The van der Waals surface area contributed by atoms with Crippen molar-refractivity contribution in [3.8, 4) is 6.07 Å². The van der Waals surface area contributed by atoms with E-state index in [9.17, 15) is 10.1 Å². The van der Waals surface area contributed by atoms with Crippen LogP contribution in [0.5, 0.6) is 0 Å². The van der Waals surface area contributed by atoms with Gasteiger partial charge in [0, 0.05) is 6.54 Å². The Labute approximate surface area is 103 Å². The molecule has 0 aromatic rings. The molecule has 1 rings (SSSR count). The first-order chi connectivity index (χ1) is 8.01. The summed E-state index contributed by atoms with van der Waals surface area (Å²) in [7, 11) is 0. The predicted octanol–water partition coefficient (Wildman–Crippen LogP) is 1.30. The summed E-state index contributed by atoms with van der Waals surface area (Å²) in [6.07, 6.45) is 3.73. The lowest BCUT2D eigenvalue weighted by molar-refractivity contribution is -0.123. The van der Waals surface area contributed by atoms with Crippen molar-refractivity contribution in [3.05, 3.63) is 12.7 Å². The Bertz CT molecular complexity index is 330. The van der Waals surface area contributed by atoms with E-state index < -0.39 is 0 Å². The van der Waals surface area contributed by atoms with Crippen molar-refractivity contribution in [1.29, 1.82) is 5.26 Å². The Hall–Kier alpha value is -1.34. The van der Waals surface area contributed by atoms with E-state index in [2.05, 4.69) is 31.8 Å². The summed E-state index contributed by atoms with van der Waals surface area (Å²) in [6.45, 7) is 9.34. The van der Waals surface area contributed by atoms with E-state index >= 15 is 0 Å². The van der Waals surface area contributed by atoms with E-state index in [1.807, 2.05) is 4.90 Å². The van der Waals surface area contributed by atoms with Crippen LogP contribution in [0.2, 0.25) is 0 Å². The lowest BCUT2D eigenvalue weighted by atomic mass is 9.77. The maximum Gasteiger partial charge on any atom is 0.234 e. The van der Waals surface area contributed by atoms with Gasteiger partial charge in [0.05, 0.1) is 12.6 Å². The summed E-state index contributed by atoms with van der Waals surface area (Å²) in [5.41, 5.74) is -0.0360. The molecular weight excluding hydrogens is 214 g/mol. The second kappa shape index (κ2) is 5.83. The number of hydrogen-bond donors (Lipinski definition) is 1. The molecule has 94 valence electrons. The first-order valence-electron chi connectivity index (χ1n) is 6.02. The molecule has 1 fully saturated rings. The van der Waals surface area contributed by atoms with Crippen LogP contribution in [0.15, 0.2) is 12.7 Å². The van der Waals surface area contributed by atoms with Gasteiger partial charge >= 0.3 is 0 Å². The maximum atomic E-state index is 11.6. The molecule has 0 aliphatic carbocycles. The zero-order chi connectivity index (χ0) is 12.9. The lowest BCUT2D eigenvalue weighted by Gasteiger charge is -2.42. The minimum atomic E-state index is -0.175. The highest BCUT2D eigenvalue weighted by Gasteiger charge is 2.38. The molecule has 0 radical (unpaired) electrons. The third kappa shape index (κ3) is 3.57. The zero-order valence-corrected chi connectivity index (χ0v) is 10.7. The SMILES string of the molecule is C=CCNC(=O)CN1CCCC(C)(C)[C@@H]1C#N. The van der Waals surface area contributed by atoms with Crippen molar-refractivity contribution in [2.75, 3.05) is 19.6 Å². The first kappa shape index (κ1) is 13.7. The Morgan fingerprint density at radius 1 is 1.71 bits per heavy atom. The van der Waals surface area contributed by atoms with Gasteiger partial charge < -0.3 is 5.32 Å². The number of nitriles is 1. The molecule has 1 aliphatic heterocycles. The van der Waals surface area contributed by atoms with Crippen molar-refractivity contribution in [2.45, 2.75) is 32.7 Å². The highest BCUT2D eigenvalue weighted by molar-refractivity contribution is 5.78. The molecule has 0 bridgehead atoms. The monoisotopic (exact) mass is 235 g/mol. The second-order valence-corrected chi connectivity index (χ2v) is 5.19. The molecule has 0 aromatic heterocycles. The zero-order valence-electron chi connectivity index (χ0n) is 10.7. The van der Waals surface area contributed by atoms with E-state index in [0.717, 1.165) is 19.4 Å². The average molecular weight is 235 g/mol. The molecule has 0 unspecified atom stereocenters. The summed E-state index contributed by atoms with van der Waals surface area (Å²) in [5, 5.41) is 12.0. The van der Waals surface area contributed by atoms with Gasteiger partial charge in [-0.2, -0.15) is 5.26 Å². The third-order valence-corrected chi connectivity index (χ3v) is 3.28. The van der Waals surface area contributed by atoms with Crippen LogP contribution in [0.25, 0.3) is 0 Å². The van der Waals surface area contributed by atoms with Crippen LogP contribution in [-0.2, 0) is 4.79 Å². The number of piperidine rings is 1. The van der Waals surface area contributed by atoms with Gasteiger partial charge in [0.25, 0.3) is 0 Å². The molecule has 1 atom stereocenters. The molecule has 17 heavy (non-hydrogen) atoms. The number of nitrogens with one attached hydrogen (secondary N) is 1. The molecule has 4 heteroatoms. The van der Waals surface area contributed by atoms with Gasteiger partial charge in [-0.25, -0.2) is 0 Å². The molecular formula is C13H21N3O. The fourth-order valence-corrected chi connectivity index (χ4v) is 2.35. The van der Waals surface area contributed by atoms with Crippen LogP contribution in [0.4, 0.5) is 0 Å². The number of nitrogens with zero attached hydrogens (tertiary/aromatic N) is 2. The largest absolute Gasteiger partial charge is 0.352 e. The number of carbonyl (C=O) groups is 1. The molecule has 0 aromatic carbocycles. The standard InChI is InChI=1S/C13H21N3O/c1-4-7-15-12(17)10-16-8-5-6-13(2,3)11(16)9-14/h4,11H,1,5-8,10H2,2-3H3,(H,15,17)/t11-/m0/s1. The van der Waals surface area contributed by atoms with Gasteiger partial charge in [0.1, 0.15) is 6.04 Å². The molecule has 1 N–H and O–H groups in total. The second-order valence-electron chi connectivity index (χ2n) is 5.19. The molecule has 0 spiro atoms. The smallest absolute Gasteiger partial charge is 0.234 e. The van der Waals surface area contributed by atoms with Gasteiger partial charge in [-0.15, -0.1) is 6.58 Å². The minimum absolute atomic E-state index is 0.0360. The highest BCUT2D eigenvalue weighted by atomic mass is 16.2. The van der Waals surface area contributed by atoms with E-state index in [1.165, 1.54) is 0 Å². The van der Waals surface area contributed by atoms with E-state index in [0.29, 0.717) is 13.1 Å². The maximum absolute atomic E-state index is 11.6. The van der Waals surface area contributed by atoms with Crippen LogP contribution in [0, 0.1) is 16.7 Å². The fourth-order valence-electron chi connectivity index (χ4n) is 2.35. The van der Waals surface area contributed by atoms with Crippen molar-refractivity contribution in [3.63, 3.8) is 0 Å². The van der Waals surface area contributed by atoms with Gasteiger partial charge in [-0.1, -0.05) is 19.9 Å². The van der Waals surface area contributed by atoms with Crippen LogP contribution in [0.1, 0.15) is 26.7 Å². The topological polar surface area (TPSA) is 56.1 Å². The van der Waals surface area contributed by atoms with E-state index in [-0.39, 0.29) is 17.4 Å². The average Bonchev–Trinajstić information content (AvgIpc) is 2.25. The number of carbonyl (C=O) groups excluding carboxylic acids is 1. The Morgan fingerprint density at radius 3 is 3.00 bits per heavy atom. The Morgan fingerprint density at radius 2 is 2.41 bits per heavy atom. The number of likely N-dealkylation sites (tertiary alicyclic amines) is 1. The summed E-state index contributed by atoms with van der Waals surface area (Å²) in [5.74, 6) is -0.0390. The minimum Gasteiger partial charge on any atom is -0.352 e.